The summed E-state index contributed by atoms with van der Waals surface area (Å²) in [7, 11) is 0. The van der Waals surface area contributed by atoms with Crippen molar-refractivity contribution >= 4 is 5.97 Å². The molecule has 126 valence electrons. The van der Waals surface area contributed by atoms with Gasteiger partial charge in [0.05, 0.1) is 5.92 Å². The van der Waals surface area contributed by atoms with Crippen LogP contribution in [0.5, 0.6) is 0 Å². The summed E-state index contributed by atoms with van der Waals surface area (Å²) in [6.45, 7) is 0.594. The van der Waals surface area contributed by atoms with Crippen LogP contribution in [0, 0.1) is 11.8 Å². The van der Waals surface area contributed by atoms with Gasteiger partial charge in [-0.1, -0.05) is 43.5 Å². The Morgan fingerprint density at radius 3 is 2.17 bits per heavy atom. The molecule has 2 saturated carbocycles. The topological polar surface area (TPSA) is 63.3 Å². The van der Waals surface area contributed by atoms with E-state index >= 15 is 0 Å². The van der Waals surface area contributed by atoms with Crippen LogP contribution in [0.4, 0.5) is 0 Å². The second kappa shape index (κ2) is 7.04. The van der Waals surface area contributed by atoms with Crippen LogP contribution >= 0.6 is 0 Å². The lowest BCUT2D eigenvalue weighted by molar-refractivity contribution is -0.143. The zero-order valence-electron chi connectivity index (χ0n) is 14.0. The van der Waals surface area contributed by atoms with Crippen molar-refractivity contribution in [3.63, 3.8) is 0 Å². The molecule has 0 radical (unpaired) electrons. The SMILES string of the molecule is NCc1ccc(C2(C3CCC(C(=O)O)CC3)CCCCC2)cc1. The maximum Gasteiger partial charge on any atom is 0.306 e. The Morgan fingerprint density at radius 1 is 1.04 bits per heavy atom. The summed E-state index contributed by atoms with van der Waals surface area (Å²) in [5.74, 6) is -0.0814. The first kappa shape index (κ1) is 16.5. The molecular weight excluding hydrogens is 286 g/mol. The fourth-order valence-electron chi connectivity index (χ4n) is 4.98. The quantitative estimate of drug-likeness (QED) is 0.873. The number of benzene rings is 1. The third-order valence-corrected chi connectivity index (χ3v) is 6.37. The van der Waals surface area contributed by atoms with E-state index in [9.17, 15) is 9.90 Å². The summed E-state index contributed by atoms with van der Waals surface area (Å²) >= 11 is 0. The van der Waals surface area contributed by atoms with E-state index in [0.29, 0.717) is 12.5 Å². The van der Waals surface area contributed by atoms with E-state index in [1.165, 1.54) is 43.2 Å². The van der Waals surface area contributed by atoms with Gasteiger partial charge in [0.25, 0.3) is 0 Å². The summed E-state index contributed by atoms with van der Waals surface area (Å²) in [6.07, 6.45) is 10.3. The minimum absolute atomic E-state index is 0.119. The molecule has 3 N–H and O–H groups in total. The number of carboxylic acid groups (broad SMARTS) is 1. The van der Waals surface area contributed by atoms with Gasteiger partial charge < -0.3 is 10.8 Å². The van der Waals surface area contributed by atoms with Gasteiger partial charge in [-0.2, -0.15) is 0 Å². The molecule has 1 aromatic rings. The lowest BCUT2D eigenvalue weighted by atomic mass is 9.58. The van der Waals surface area contributed by atoms with Crippen LogP contribution in [0.2, 0.25) is 0 Å². The maximum atomic E-state index is 11.2. The molecular formula is C20H29NO2. The molecule has 0 aromatic heterocycles. The number of carboxylic acids is 1. The summed E-state index contributed by atoms with van der Waals surface area (Å²) in [5.41, 5.74) is 8.67. The Bertz CT molecular complexity index is 523. The number of hydrogen-bond acceptors (Lipinski definition) is 2. The zero-order chi connectivity index (χ0) is 16.3. The van der Waals surface area contributed by atoms with Crippen molar-refractivity contribution in [2.24, 2.45) is 17.6 Å². The number of rotatable bonds is 4. The van der Waals surface area contributed by atoms with Gasteiger partial charge in [0.15, 0.2) is 0 Å². The minimum atomic E-state index is -0.603. The Labute approximate surface area is 139 Å². The molecule has 0 heterocycles. The van der Waals surface area contributed by atoms with Crippen molar-refractivity contribution in [3.05, 3.63) is 35.4 Å². The van der Waals surface area contributed by atoms with Crippen molar-refractivity contribution in [1.29, 1.82) is 0 Å². The first-order valence-corrected chi connectivity index (χ1v) is 9.18. The van der Waals surface area contributed by atoms with E-state index in [-0.39, 0.29) is 11.3 Å². The molecule has 3 rings (SSSR count). The average molecular weight is 315 g/mol. The van der Waals surface area contributed by atoms with Gasteiger partial charge in [0.2, 0.25) is 0 Å². The van der Waals surface area contributed by atoms with E-state index in [2.05, 4.69) is 24.3 Å². The summed E-state index contributed by atoms with van der Waals surface area (Å²) in [6, 6.07) is 8.93. The standard InChI is InChI=1S/C20H29NO2/c21-14-15-4-8-17(9-5-15)20(12-2-1-3-13-20)18-10-6-16(7-11-18)19(22)23/h4-5,8-9,16,18H,1-3,6-7,10-14,21H2,(H,22,23). The highest BCUT2D eigenvalue weighted by Gasteiger charge is 2.43. The van der Waals surface area contributed by atoms with Gasteiger partial charge in [-0.05, 0) is 61.0 Å². The fraction of sp³-hybridized carbons (Fsp3) is 0.650. The minimum Gasteiger partial charge on any atom is -0.481 e. The normalized spacial score (nSPS) is 27.5. The third kappa shape index (κ3) is 3.30. The molecule has 23 heavy (non-hydrogen) atoms. The summed E-state index contributed by atoms with van der Waals surface area (Å²) in [5, 5.41) is 9.26. The van der Waals surface area contributed by atoms with Crippen molar-refractivity contribution in [2.75, 3.05) is 0 Å². The summed E-state index contributed by atoms with van der Waals surface area (Å²) < 4.78 is 0. The predicted molar refractivity (Wildman–Crippen MR) is 92.2 cm³/mol. The highest BCUT2D eigenvalue weighted by Crippen LogP contribution is 2.50. The molecule has 1 aromatic carbocycles. The van der Waals surface area contributed by atoms with Crippen molar-refractivity contribution in [2.45, 2.75) is 69.7 Å². The van der Waals surface area contributed by atoms with Crippen LogP contribution in [-0.2, 0) is 16.8 Å². The first-order chi connectivity index (χ1) is 11.2. The van der Waals surface area contributed by atoms with Crippen molar-refractivity contribution < 1.29 is 9.90 Å². The fourth-order valence-corrected chi connectivity index (χ4v) is 4.98. The highest BCUT2D eigenvalue weighted by molar-refractivity contribution is 5.70. The van der Waals surface area contributed by atoms with Crippen LogP contribution in [0.25, 0.3) is 0 Å². The number of hydrogen-bond donors (Lipinski definition) is 2. The van der Waals surface area contributed by atoms with Gasteiger partial charge >= 0.3 is 5.97 Å². The lowest BCUT2D eigenvalue weighted by Crippen LogP contribution is -2.40. The summed E-state index contributed by atoms with van der Waals surface area (Å²) in [4.78, 5) is 11.2. The molecule has 2 fully saturated rings. The second-order valence-corrected chi connectivity index (χ2v) is 7.50. The molecule has 0 amide bonds. The average Bonchev–Trinajstić information content (AvgIpc) is 2.62. The smallest absolute Gasteiger partial charge is 0.306 e. The van der Waals surface area contributed by atoms with E-state index in [0.717, 1.165) is 25.7 Å². The Kier molecular flexibility index (Phi) is 5.05. The van der Waals surface area contributed by atoms with Gasteiger partial charge in [-0.3, -0.25) is 4.79 Å². The van der Waals surface area contributed by atoms with Gasteiger partial charge in [0, 0.05) is 6.54 Å². The van der Waals surface area contributed by atoms with E-state index < -0.39 is 5.97 Å². The molecule has 0 aliphatic heterocycles. The second-order valence-electron chi connectivity index (χ2n) is 7.50. The molecule has 0 spiro atoms. The van der Waals surface area contributed by atoms with Crippen molar-refractivity contribution in [3.8, 4) is 0 Å². The van der Waals surface area contributed by atoms with Crippen LogP contribution in [0.3, 0.4) is 0 Å². The van der Waals surface area contributed by atoms with Crippen LogP contribution < -0.4 is 5.73 Å². The van der Waals surface area contributed by atoms with Crippen LogP contribution in [-0.4, -0.2) is 11.1 Å². The van der Waals surface area contributed by atoms with E-state index in [1.54, 1.807) is 0 Å². The number of carbonyl (C=O) groups is 1. The Balaban J connectivity index is 1.83. The molecule has 0 unspecified atom stereocenters. The number of aliphatic carboxylic acids is 1. The van der Waals surface area contributed by atoms with Crippen molar-refractivity contribution in [1.82, 2.24) is 0 Å². The molecule has 3 heteroatoms. The number of nitrogens with two attached hydrogens (primary N) is 1. The maximum absolute atomic E-state index is 11.2. The van der Waals surface area contributed by atoms with Gasteiger partial charge in [-0.25, -0.2) is 0 Å². The Morgan fingerprint density at radius 2 is 1.65 bits per heavy atom. The predicted octanol–water partition coefficient (Wildman–Crippen LogP) is 4.24. The first-order valence-electron chi connectivity index (χ1n) is 9.18. The third-order valence-electron chi connectivity index (χ3n) is 6.37. The molecule has 2 aliphatic carbocycles. The lowest BCUT2D eigenvalue weighted by Gasteiger charge is -2.47. The molecule has 0 atom stereocenters. The van der Waals surface area contributed by atoms with Crippen LogP contribution in [0.1, 0.15) is 68.9 Å². The van der Waals surface area contributed by atoms with Crippen LogP contribution in [0.15, 0.2) is 24.3 Å². The highest BCUT2D eigenvalue weighted by atomic mass is 16.4. The molecule has 3 nitrogen and oxygen atoms in total. The largest absolute Gasteiger partial charge is 0.481 e. The van der Waals surface area contributed by atoms with Gasteiger partial charge in [-0.15, -0.1) is 0 Å². The van der Waals surface area contributed by atoms with E-state index in [1.807, 2.05) is 0 Å². The van der Waals surface area contributed by atoms with Gasteiger partial charge in [0.1, 0.15) is 0 Å². The van der Waals surface area contributed by atoms with E-state index in [4.69, 9.17) is 5.73 Å². The molecule has 2 aliphatic rings. The Hall–Kier alpha value is -1.35. The zero-order valence-corrected chi connectivity index (χ0v) is 14.0. The molecule has 0 saturated heterocycles. The monoisotopic (exact) mass is 315 g/mol. The molecule has 0 bridgehead atoms.